The lowest BCUT2D eigenvalue weighted by atomic mass is 9.51. The molecule has 0 bridgehead atoms. The van der Waals surface area contributed by atoms with Gasteiger partial charge in [-0.3, -0.25) is 24.1 Å². The molecule has 3 aromatic carbocycles. The number of rotatable bonds is 3. The molecule has 2 aliphatic heterocycles. The summed E-state index contributed by atoms with van der Waals surface area (Å²) in [4.78, 5) is 58.6. The number of amides is 4. The number of aromatic hydroxyl groups is 1. The van der Waals surface area contributed by atoms with Crippen molar-refractivity contribution in [3.8, 4) is 5.75 Å². The van der Waals surface area contributed by atoms with E-state index in [9.17, 15) is 28.7 Å². The Morgan fingerprint density at radius 2 is 1.63 bits per heavy atom. The summed E-state index contributed by atoms with van der Waals surface area (Å²) in [6.45, 7) is 3.49. The first kappa shape index (κ1) is 27.5. The first-order valence-electron chi connectivity index (χ1n) is 14.3. The molecule has 0 radical (unpaired) electrons. The summed E-state index contributed by atoms with van der Waals surface area (Å²) in [6.07, 6.45) is 2.41. The van der Waals surface area contributed by atoms with E-state index in [1.807, 2.05) is 12.1 Å². The van der Waals surface area contributed by atoms with Gasteiger partial charge >= 0.3 is 0 Å². The molecule has 7 nitrogen and oxygen atoms in total. The topological polar surface area (TPSA) is 95.0 Å². The third-order valence-electron chi connectivity index (χ3n) is 10.0. The highest BCUT2D eigenvalue weighted by molar-refractivity contribution is 6.32. The van der Waals surface area contributed by atoms with Gasteiger partial charge in [0.15, 0.2) is 0 Å². The molecule has 6 unspecified atom stereocenters. The molecule has 4 amide bonds. The Hall–Kier alpha value is -4.30. The number of carbonyl (C=O) groups is 4. The predicted octanol–water partition coefficient (Wildman–Crippen LogP) is 5.93. The number of carbonyl (C=O) groups excluding carboxylic acids is 4. The predicted molar refractivity (Wildman–Crippen MR) is 158 cm³/mol. The highest BCUT2D eigenvalue weighted by Crippen LogP contribution is 2.64. The average molecular weight is 599 g/mol. The van der Waals surface area contributed by atoms with Crippen LogP contribution in [-0.4, -0.2) is 28.7 Å². The Morgan fingerprint density at radius 1 is 0.884 bits per heavy atom. The Balaban J connectivity index is 1.39. The Kier molecular flexibility index (Phi) is 6.15. The quantitative estimate of drug-likeness (QED) is 0.298. The molecule has 218 valence electrons. The summed E-state index contributed by atoms with van der Waals surface area (Å²) in [6, 6.07) is 17.8. The van der Waals surface area contributed by atoms with Crippen LogP contribution < -0.4 is 9.80 Å². The van der Waals surface area contributed by atoms with E-state index in [2.05, 4.69) is 0 Å². The molecule has 3 aromatic rings. The fraction of sp³-hybridized carbons (Fsp3) is 0.294. The average Bonchev–Trinajstić information content (AvgIpc) is 3.36. The minimum atomic E-state index is -1.33. The minimum absolute atomic E-state index is 0.0133. The molecule has 0 aromatic heterocycles. The fourth-order valence-corrected chi connectivity index (χ4v) is 8.15. The lowest BCUT2D eigenvalue weighted by Gasteiger charge is -2.49. The van der Waals surface area contributed by atoms with Crippen molar-refractivity contribution in [3.05, 3.63) is 100 Å². The molecule has 0 spiro atoms. The first-order chi connectivity index (χ1) is 20.6. The van der Waals surface area contributed by atoms with Crippen molar-refractivity contribution in [2.75, 3.05) is 9.80 Å². The third-order valence-corrected chi connectivity index (χ3v) is 10.3. The third kappa shape index (κ3) is 3.72. The molecule has 2 saturated heterocycles. The second kappa shape index (κ2) is 9.61. The molecule has 3 fully saturated rings. The Morgan fingerprint density at radius 3 is 2.35 bits per heavy atom. The van der Waals surface area contributed by atoms with Gasteiger partial charge in [-0.15, -0.1) is 0 Å². The maximum Gasteiger partial charge on any atom is 0.241 e. The Bertz CT molecular complexity index is 1770. The van der Waals surface area contributed by atoms with E-state index in [4.69, 9.17) is 11.6 Å². The van der Waals surface area contributed by atoms with Crippen LogP contribution in [0.1, 0.15) is 36.8 Å². The molecule has 2 aliphatic carbocycles. The Labute approximate surface area is 252 Å². The summed E-state index contributed by atoms with van der Waals surface area (Å²) < 4.78 is 14.0. The van der Waals surface area contributed by atoms with E-state index < -0.39 is 52.6 Å². The van der Waals surface area contributed by atoms with E-state index in [0.29, 0.717) is 23.2 Å². The molecule has 1 N–H and O–H groups in total. The van der Waals surface area contributed by atoms with Gasteiger partial charge in [0.25, 0.3) is 0 Å². The summed E-state index contributed by atoms with van der Waals surface area (Å²) in [5.41, 5.74) is 1.18. The number of benzene rings is 3. The van der Waals surface area contributed by atoms with Gasteiger partial charge in [0, 0.05) is 11.5 Å². The van der Waals surface area contributed by atoms with E-state index in [-0.39, 0.29) is 34.7 Å². The molecule has 2 heterocycles. The summed E-state index contributed by atoms with van der Waals surface area (Å²) in [7, 11) is 0. The van der Waals surface area contributed by atoms with Crippen molar-refractivity contribution in [3.63, 3.8) is 0 Å². The van der Waals surface area contributed by atoms with Crippen molar-refractivity contribution >= 4 is 46.6 Å². The molecule has 7 rings (SSSR count). The van der Waals surface area contributed by atoms with Crippen molar-refractivity contribution in [1.29, 1.82) is 0 Å². The van der Waals surface area contributed by atoms with Gasteiger partial charge in [0.1, 0.15) is 11.6 Å². The molecule has 9 heteroatoms. The van der Waals surface area contributed by atoms with Gasteiger partial charge in [0.05, 0.1) is 39.6 Å². The van der Waals surface area contributed by atoms with Gasteiger partial charge in [0.2, 0.25) is 23.6 Å². The number of hydrogen-bond donors (Lipinski definition) is 1. The number of halogens is 2. The summed E-state index contributed by atoms with van der Waals surface area (Å²) in [5.74, 6) is -5.69. The van der Waals surface area contributed by atoms with Crippen LogP contribution >= 0.6 is 11.6 Å². The smallest absolute Gasteiger partial charge is 0.241 e. The SMILES string of the molecule is Cc1cccc(C2C3=CCC4C(=O)N(c5ccccc5)C(=O)C4C3CC3C(=O)N(c4ccc(F)c(Cl)c4)C(=O)C32C)c1O. The molecular weight excluding hydrogens is 571 g/mol. The number of allylic oxidation sites excluding steroid dienone is 2. The van der Waals surface area contributed by atoms with E-state index in [1.54, 1.807) is 56.3 Å². The van der Waals surface area contributed by atoms with Crippen LogP contribution in [0.25, 0.3) is 0 Å². The first-order valence-corrected chi connectivity index (χ1v) is 14.7. The number of para-hydroxylation sites is 2. The second-order valence-electron chi connectivity index (χ2n) is 12.1. The monoisotopic (exact) mass is 598 g/mol. The molecule has 6 atom stereocenters. The largest absolute Gasteiger partial charge is 0.507 e. The summed E-state index contributed by atoms with van der Waals surface area (Å²) in [5, 5.41) is 11.1. The van der Waals surface area contributed by atoms with E-state index in [0.717, 1.165) is 16.5 Å². The minimum Gasteiger partial charge on any atom is -0.507 e. The highest BCUT2D eigenvalue weighted by Gasteiger charge is 2.68. The van der Waals surface area contributed by atoms with Gasteiger partial charge in [-0.05, 0) is 68.5 Å². The van der Waals surface area contributed by atoms with Crippen LogP contribution in [0, 0.1) is 41.8 Å². The maximum absolute atomic E-state index is 14.4. The van der Waals surface area contributed by atoms with Gasteiger partial charge in [-0.2, -0.15) is 0 Å². The normalized spacial score (nSPS) is 29.9. The van der Waals surface area contributed by atoms with E-state index in [1.165, 1.54) is 17.0 Å². The number of imide groups is 2. The fourth-order valence-electron chi connectivity index (χ4n) is 7.98. The number of anilines is 2. The second-order valence-corrected chi connectivity index (χ2v) is 12.5. The zero-order valence-corrected chi connectivity index (χ0v) is 24.2. The summed E-state index contributed by atoms with van der Waals surface area (Å²) >= 11 is 6.05. The lowest BCUT2D eigenvalue weighted by molar-refractivity contribution is -0.131. The maximum atomic E-state index is 14.4. The van der Waals surface area contributed by atoms with Crippen LogP contribution in [0.4, 0.5) is 15.8 Å². The molecule has 1 saturated carbocycles. The van der Waals surface area contributed by atoms with Crippen LogP contribution in [0.15, 0.2) is 78.4 Å². The number of nitrogens with zero attached hydrogens (tertiary/aromatic N) is 2. The molecule has 43 heavy (non-hydrogen) atoms. The van der Waals surface area contributed by atoms with Crippen LogP contribution in [0.2, 0.25) is 5.02 Å². The highest BCUT2D eigenvalue weighted by atomic mass is 35.5. The number of phenols is 1. The number of phenolic OH excluding ortho intramolecular Hbond substituents is 1. The zero-order valence-electron chi connectivity index (χ0n) is 23.5. The molecule has 4 aliphatic rings. The van der Waals surface area contributed by atoms with Crippen LogP contribution in [0.3, 0.4) is 0 Å². The van der Waals surface area contributed by atoms with E-state index >= 15 is 0 Å². The van der Waals surface area contributed by atoms with Gasteiger partial charge < -0.3 is 5.11 Å². The van der Waals surface area contributed by atoms with Crippen LogP contribution in [0.5, 0.6) is 5.75 Å². The zero-order chi connectivity index (χ0) is 30.4. The lowest BCUT2D eigenvalue weighted by Crippen LogP contribution is -2.49. The van der Waals surface area contributed by atoms with Crippen molar-refractivity contribution in [2.45, 2.75) is 32.6 Å². The number of fused-ring (bicyclic) bond motifs is 4. The van der Waals surface area contributed by atoms with Crippen molar-refractivity contribution in [1.82, 2.24) is 0 Å². The molecular formula is C34H28ClFN2O5. The standard InChI is InChI=1S/C34H28ClFN2O5/c1-17-7-6-10-22(29(17)39)28-20-12-13-21-27(32(42)37(30(21)40)18-8-4-3-5-9-18)23(20)16-24-31(41)38(33(43)34(24,28)2)19-11-14-26(36)25(35)15-19/h3-12,14-15,21,23-24,27-28,39H,13,16H2,1-2H3. The van der Waals surface area contributed by atoms with Crippen molar-refractivity contribution < 1.29 is 28.7 Å². The number of hydrogen-bond acceptors (Lipinski definition) is 5. The van der Waals surface area contributed by atoms with Crippen LogP contribution in [-0.2, 0) is 19.2 Å². The van der Waals surface area contributed by atoms with Gasteiger partial charge in [-0.25, -0.2) is 9.29 Å². The number of aryl methyl sites for hydroxylation is 1. The van der Waals surface area contributed by atoms with Crippen molar-refractivity contribution in [2.24, 2.45) is 29.1 Å². The van der Waals surface area contributed by atoms with Gasteiger partial charge in [-0.1, -0.05) is 59.6 Å².